The first kappa shape index (κ1) is 8.46. The molecule has 0 aliphatic carbocycles. The first-order valence-corrected chi connectivity index (χ1v) is 3.40. The Bertz CT molecular complexity index is 276. The van der Waals surface area contributed by atoms with Crippen LogP contribution < -0.4 is 0 Å². The molecule has 0 heterocycles. The van der Waals surface area contributed by atoms with Crippen LogP contribution in [0.4, 0.5) is 0 Å². The Kier molecular flexibility index (Phi) is 2.82. The quantitative estimate of drug-likeness (QED) is 0.615. The molecule has 0 nitrogen and oxygen atoms in total. The predicted octanol–water partition coefficient (Wildman–Crippen LogP) is 2.84. The number of fused-ring (bicyclic) bond motifs is 1. The Morgan fingerprint density at radius 1 is 0.545 bits per heavy atom. The third kappa shape index (κ3) is 1.68. The van der Waals surface area contributed by atoms with Gasteiger partial charge in [0.1, 0.15) is 0 Å². The van der Waals surface area contributed by atoms with Gasteiger partial charge >= 0.3 is 0 Å². The molecule has 0 fully saturated rings. The van der Waals surface area contributed by atoms with Gasteiger partial charge in [-0.25, -0.2) is 0 Å². The maximum Gasteiger partial charge on any atom is 0 e. The summed E-state index contributed by atoms with van der Waals surface area (Å²) in [6.07, 6.45) is 0. The van der Waals surface area contributed by atoms with Crippen molar-refractivity contribution in [1.29, 1.82) is 0 Å². The van der Waals surface area contributed by atoms with Crippen LogP contribution in [0.2, 0.25) is 0 Å². The smallest absolute Gasteiger partial charge is 0 e. The number of hydrogen-bond acceptors (Lipinski definition) is 0. The number of benzene rings is 2. The van der Waals surface area contributed by atoms with Crippen LogP contribution in [0.25, 0.3) is 10.8 Å². The molecule has 0 aliphatic heterocycles. The zero-order chi connectivity index (χ0) is 6.81. The molecule has 0 radical (unpaired) electrons. The van der Waals surface area contributed by atoms with E-state index < -0.39 is 0 Å². The summed E-state index contributed by atoms with van der Waals surface area (Å²) in [4.78, 5) is 0. The van der Waals surface area contributed by atoms with Crippen LogP contribution >= 0.6 is 0 Å². The molecule has 58 valence electrons. The van der Waals surface area contributed by atoms with E-state index in [1.54, 1.807) is 0 Å². The Hall–Kier alpha value is -0.638. The van der Waals surface area contributed by atoms with Crippen molar-refractivity contribution in [2.75, 3.05) is 0 Å². The van der Waals surface area contributed by atoms with E-state index >= 15 is 0 Å². The van der Waals surface area contributed by atoms with Gasteiger partial charge in [0.15, 0.2) is 0 Å². The zero-order valence-electron chi connectivity index (χ0n) is 5.94. The molecule has 0 saturated carbocycles. The Balaban J connectivity index is 0.000000605. The minimum Gasteiger partial charge on any atom is -0.0616 e. The van der Waals surface area contributed by atoms with Gasteiger partial charge in [-0.3, -0.25) is 0 Å². The maximum absolute atomic E-state index is 2.12. The molecule has 2 aromatic carbocycles. The van der Waals surface area contributed by atoms with Crippen LogP contribution in [0.15, 0.2) is 48.5 Å². The third-order valence-corrected chi connectivity index (χ3v) is 1.66. The third-order valence-electron chi connectivity index (χ3n) is 1.66. The summed E-state index contributed by atoms with van der Waals surface area (Å²) in [5.41, 5.74) is 0. The molecule has 0 aromatic heterocycles. The van der Waals surface area contributed by atoms with E-state index in [1.807, 2.05) is 0 Å². The Labute approximate surface area is 79.9 Å². The van der Waals surface area contributed by atoms with Crippen molar-refractivity contribution in [3.8, 4) is 0 Å². The normalized spacial score (nSPS) is 9.09. The second-order valence-corrected chi connectivity index (χ2v) is 2.35. The van der Waals surface area contributed by atoms with Crippen molar-refractivity contribution in [3.05, 3.63) is 48.5 Å². The van der Waals surface area contributed by atoms with E-state index in [4.69, 9.17) is 0 Å². The summed E-state index contributed by atoms with van der Waals surface area (Å²) < 4.78 is 0. The first-order valence-electron chi connectivity index (χ1n) is 3.40. The molecule has 0 amide bonds. The van der Waals surface area contributed by atoms with Crippen LogP contribution in [-0.2, 0) is 20.4 Å². The van der Waals surface area contributed by atoms with Gasteiger partial charge in [-0.05, 0) is 10.8 Å². The second-order valence-electron chi connectivity index (χ2n) is 2.35. The number of hydrogen-bond donors (Lipinski definition) is 0. The van der Waals surface area contributed by atoms with Gasteiger partial charge in [-0.2, -0.15) is 0 Å². The average Bonchev–Trinajstić information content (AvgIpc) is 2.05. The van der Waals surface area contributed by atoms with E-state index in [9.17, 15) is 0 Å². The summed E-state index contributed by atoms with van der Waals surface area (Å²) in [5, 5.41) is 2.62. The molecular formula is C10H8Pd. The average molecular weight is 235 g/mol. The molecule has 0 spiro atoms. The summed E-state index contributed by atoms with van der Waals surface area (Å²) in [7, 11) is 0. The molecule has 0 N–H and O–H groups in total. The monoisotopic (exact) mass is 234 g/mol. The minimum atomic E-state index is 0. The maximum atomic E-state index is 2.12. The minimum absolute atomic E-state index is 0. The fourth-order valence-electron chi connectivity index (χ4n) is 1.13. The Morgan fingerprint density at radius 2 is 0.818 bits per heavy atom. The van der Waals surface area contributed by atoms with E-state index in [0.29, 0.717) is 0 Å². The van der Waals surface area contributed by atoms with E-state index in [2.05, 4.69) is 48.5 Å². The fraction of sp³-hybridized carbons (Fsp3) is 0. The SMILES string of the molecule is [Pd].c1ccc2ccccc2c1. The molecule has 0 aliphatic rings. The van der Waals surface area contributed by atoms with Crippen molar-refractivity contribution in [1.82, 2.24) is 0 Å². The van der Waals surface area contributed by atoms with Gasteiger partial charge in [-0.1, -0.05) is 48.5 Å². The van der Waals surface area contributed by atoms with Crippen molar-refractivity contribution >= 4 is 10.8 Å². The second kappa shape index (κ2) is 3.67. The topological polar surface area (TPSA) is 0 Å². The number of rotatable bonds is 0. The molecule has 2 aromatic rings. The van der Waals surface area contributed by atoms with Crippen LogP contribution in [0.5, 0.6) is 0 Å². The molecule has 0 bridgehead atoms. The molecule has 2 rings (SSSR count). The standard InChI is InChI=1S/C10H8.Pd/c1-2-6-10-8-4-3-7-9(10)5-1;/h1-8H;. The van der Waals surface area contributed by atoms with E-state index in [-0.39, 0.29) is 20.4 Å². The molecule has 11 heavy (non-hydrogen) atoms. The predicted molar refractivity (Wildman–Crippen MR) is 43.9 cm³/mol. The molecular weight excluding hydrogens is 227 g/mol. The summed E-state index contributed by atoms with van der Waals surface area (Å²) in [6, 6.07) is 16.7. The van der Waals surface area contributed by atoms with Crippen LogP contribution in [0.1, 0.15) is 0 Å². The molecule has 0 saturated heterocycles. The van der Waals surface area contributed by atoms with Gasteiger partial charge < -0.3 is 0 Å². The van der Waals surface area contributed by atoms with Crippen LogP contribution in [0.3, 0.4) is 0 Å². The van der Waals surface area contributed by atoms with Gasteiger partial charge in [0, 0.05) is 20.4 Å². The molecule has 1 heteroatoms. The van der Waals surface area contributed by atoms with Crippen LogP contribution in [0, 0.1) is 0 Å². The molecule has 0 atom stereocenters. The van der Waals surface area contributed by atoms with Gasteiger partial charge in [-0.15, -0.1) is 0 Å². The Morgan fingerprint density at radius 3 is 1.09 bits per heavy atom. The molecule has 0 unspecified atom stereocenters. The zero-order valence-corrected chi connectivity index (χ0v) is 7.49. The first-order chi connectivity index (χ1) is 4.97. The van der Waals surface area contributed by atoms with Gasteiger partial charge in [0.05, 0.1) is 0 Å². The largest absolute Gasteiger partial charge is 0.0616 e. The van der Waals surface area contributed by atoms with Crippen molar-refractivity contribution in [2.45, 2.75) is 0 Å². The fourth-order valence-corrected chi connectivity index (χ4v) is 1.13. The summed E-state index contributed by atoms with van der Waals surface area (Å²) in [6.45, 7) is 0. The van der Waals surface area contributed by atoms with Crippen molar-refractivity contribution in [2.24, 2.45) is 0 Å². The van der Waals surface area contributed by atoms with Gasteiger partial charge in [0.25, 0.3) is 0 Å². The van der Waals surface area contributed by atoms with Crippen molar-refractivity contribution in [3.63, 3.8) is 0 Å². The van der Waals surface area contributed by atoms with Crippen LogP contribution in [-0.4, -0.2) is 0 Å². The summed E-state index contributed by atoms with van der Waals surface area (Å²) >= 11 is 0. The van der Waals surface area contributed by atoms with Crippen molar-refractivity contribution < 1.29 is 20.4 Å². The van der Waals surface area contributed by atoms with E-state index in [1.165, 1.54) is 10.8 Å². The van der Waals surface area contributed by atoms with Gasteiger partial charge in [0.2, 0.25) is 0 Å². The summed E-state index contributed by atoms with van der Waals surface area (Å²) in [5.74, 6) is 0. The van der Waals surface area contributed by atoms with E-state index in [0.717, 1.165) is 0 Å².